The molecule has 1 heterocycles. The lowest BCUT2D eigenvalue weighted by Crippen LogP contribution is -2.34. The normalized spacial score (nSPS) is 17.8. The molecule has 1 saturated carbocycles. The number of thiophene rings is 1. The molecule has 0 aliphatic heterocycles. The third-order valence-electron chi connectivity index (χ3n) is 3.08. The van der Waals surface area contributed by atoms with Crippen LogP contribution in [0.2, 0.25) is 0 Å². The van der Waals surface area contributed by atoms with E-state index < -0.39 is 16.9 Å². The molecule has 0 radical (unpaired) electrons. The Bertz CT molecular complexity index is 454. The molecule has 2 N–H and O–H groups in total. The Hall–Kier alpha value is -1.47. The Morgan fingerprint density at radius 3 is 2.67 bits per heavy atom. The summed E-state index contributed by atoms with van der Waals surface area (Å²) in [5, 5.41) is 22.9. The van der Waals surface area contributed by atoms with Gasteiger partial charge in [0.1, 0.15) is 6.04 Å². The average Bonchev–Trinajstić information content (AvgIpc) is 2.96. The van der Waals surface area contributed by atoms with E-state index in [2.05, 4.69) is 5.32 Å². The Morgan fingerprint density at radius 2 is 2.17 bits per heavy atom. The molecule has 0 spiro atoms. The topological polar surface area (TPSA) is 92.5 Å². The minimum atomic E-state index is -0.987. The molecule has 1 aliphatic rings. The summed E-state index contributed by atoms with van der Waals surface area (Å²) in [5.74, 6) is -0.987. The van der Waals surface area contributed by atoms with Gasteiger partial charge < -0.3 is 5.11 Å². The maximum absolute atomic E-state index is 11.2. The SMILES string of the molecule is O=C(O)C(NC1CCCC1)c1ccc([N+](=O)[O-])s1. The largest absolute Gasteiger partial charge is 0.480 e. The molecule has 1 aromatic rings. The van der Waals surface area contributed by atoms with Crippen molar-refractivity contribution in [1.29, 1.82) is 0 Å². The minimum Gasteiger partial charge on any atom is -0.480 e. The zero-order chi connectivity index (χ0) is 13.1. The third kappa shape index (κ3) is 2.85. The number of hydrogen-bond donors (Lipinski definition) is 2. The van der Waals surface area contributed by atoms with Crippen LogP contribution in [0, 0.1) is 10.1 Å². The smallest absolute Gasteiger partial charge is 0.326 e. The van der Waals surface area contributed by atoms with E-state index in [9.17, 15) is 20.0 Å². The highest BCUT2D eigenvalue weighted by Crippen LogP contribution is 2.30. The van der Waals surface area contributed by atoms with E-state index in [4.69, 9.17) is 0 Å². The van der Waals surface area contributed by atoms with Gasteiger partial charge >= 0.3 is 11.0 Å². The number of carboxylic acids is 1. The Kier molecular flexibility index (Phi) is 3.93. The van der Waals surface area contributed by atoms with Gasteiger partial charge in [0.05, 0.1) is 4.92 Å². The summed E-state index contributed by atoms with van der Waals surface area (Å²) in [4.78, 5) is 21.8. The molecule has 0 saturated heterocycles. The molecule has 18 heavy (non-hydrogen) atoms. The van der Waals surface area contributed by atoms with Gasteiger partial charge in [-0.2, -0.15) is 0 Å². The molecule has 6 nitrogen and oxygen atoms in total. The highest BCUT2D eigenvalue weighted by atomic mass is 32.1. The molecule has 0 bridgehead atoms. The second-order valence-corrected chi connectivity index (χ2v) is 5.45. The molecule has 0 amide bonds. The predicted molar refractivity (Wildman–Crippen MR) is 66.7 cm³/mol. The van der Waals surface area contributed by atoms with Gasteiger partial charge in [0, 0.05) is 17.0 Å². The molecule has 1 aliphatic carbocycles. The first kappa shape index (κ1) is 13.0. The Morgan fingerprint density at radius 1 is 1.50 bits per heavy atom. The number of rotatable bonds is 5. The predicted octanol–water partition coefficient (Wildman–Crippen LogP) is 2.31. The summed E-state index contributed by atoms with van der Waals surface area (Å²) >= 11 is 0.918. The van der Waals surface area contributed by atoms with Crippen molar-refractivity contribution in [2.75, 3.05) is 0 Å². The monoisotopic (exact) mass is 270 g/mol. The lowest BCUT2D eigenvalue weighted by Gasteiger charge is -2.17. The fraction of sp³-hybridized carbons (Fsp3) is 0.545. The molecule has 1 atom stereocenters. The number of nitrogens with one attached hydrogen (secondary N) is 1. The summed E-state index contributed by atoms with van der Waals surface area (Å²) in [6, 6.07) is 2.23. The fourth-order valence-corrected chi connectivity index (χ4v) is 3.07. The first-order chi connectivity index (χ1) is 8.58. The van der Waals surface area contributed by atoms with E-state index in [0.29, 0.717) is 4.88 Å². The molecular formula is C11H14N2O4S. The number of nitro groups is 1. The van der Waals surface area contributed by atoms with E-state index in [1.165, 1.54) is 12.1 Å². The van der Waals surface area contributed by atoms with Crippen LogP contribution in [0.1, 0.15) is 36.6 Å². The van der Waals surface area contributed by atoms with Gasteiger partial charge in [0.2, 0.25) is 0 Å². The minimum absolute atomic E-state index is 0.0236. The highest BCUT2D eigenvalue weighted by Gasteiger charge is 2.27. The number of nitrogens with zero attached hydrogens (tertiary/aromatic N) is 1. The molecule has 2 rings (SSSR count). The van der Waals surface area contributed by atoms with Crippen molar-refractivity contribution in [2.24, 2.45) is 0 Å². The van der Waals surface area contributed by atoms with Crippen molar-refractivity contribution in [3.8, 4) is 0 Å². The first-order valence-electron chi connectivity index (χ1n) is 5.81. The van der Waals surface area contributed by atoms with E-state index in [1.807, 2.05) is 0 Å². The quantitative estimate of drug-likeness (QED) is 0.632. The summed E-state index contributed by atoms with van der Waals surface area (Å²) < 4.78 is 0. The summed E-state index contributed by atoms with van der Waals surface area (Å²) in [7, 11) is 0. The van der Waals surface area contributed by atoms with Gasteiger partial charge in [-0.1, -0.05) is 24.2 Å². The van der Waals surface area contributed by atoms with Gasteiger partial charge in [-0.3, -0.25) is 20.2 Å². The fourth-order valence-electron chi connectivity index (χ4n) is 2.20. The maximum atomic E-state index is 11.2. The molecule has 98 valence electrons. The standard InChI is InChI=1S/C11H14N2O4S/c14-11(15)10(12-7-3-1-2-4-7)8-5-6-9(18-8)13(16)17/h5-7,10,12H,1-4H2,(H,14,15). The Labute approximate surface area is 108 Å². The second kappa shape index (κ2) is 5.45. The maximum Gasteiger partial charge on any atom is 0.326 e. The zero-order valence-corrected chi connectivity index (χ0v) is 10.5. The molecule has 1 fully saturated rings. The molecule has 1 aromatic heterocycles. The van der Waals surface area contributed by atoms with Gasteiger partial charge in [0.15, 0.2) is 0 Å². The van der Waals surface area contributed by atoms with Crippen molar-refractivity contribution in [3.05, 3.63) is 27.1 Å². The van der Waals surface area contributed by atoms with Crippen molar-refractivity contribution < 1.29 is 14.8 Å². The molecule has 1 unspecified atom stereocenters. The van der Waals surface area contributed by atoms with E-state index in [0.717, 1.165) is 37.0 Å². The molecule has 7 heteroatoms. The van der Waals surface area contributed by atoms with Crippen molar-refractivity contribution in [2.45, 2.75) is 37.8 Å². The third-order valence-corrected chi connectivity index (χ3v) is 4.18. The lowest BCUT2D eigenvalue weighted by atomic mass is 10.2. The van der Waals surface area contributed by atoms with Gasteiger partial charge in [-0.05, 0) is 18.9 Å². The average molecular weight is 270 g/mol. The summed E-state index contributed by atoms with van der Waals surface area (Å²) in [6.07, 6.45) is 4.15. The summed E-state index contributed by atoms with van der Waals surface area (Å²) in [6.45, 7) is 0. The van der Waals surface area contributed by atoms with Crippen LogP contribution in [0.3, 0.4) is 0 Å². The van der Waals surface area contributed by atoms with Crippen LogP contribution in [0.4, 0.5) is 5.00 Å². The molecule has 0 aromatic carbocycles. The van der Waals surface area contributed by atoms with Crippen LogP contribution in [0.5, 0.6) is 0 Å². The second-order valence-electron chi connectivity index (χ2n) is 4.35. The number of aliphatic carboxylic acids is 1. The van der Waals surface area contributed by atoms with Crippen LogP contribution < -0.4 is 5.32 Å². The number of carbonyl (C=O) groups is 1. The first-order valence-corrected chi connectivity index (χ1v) is 6.62. The van der Waals surface area contributed by atoms with Crippen molar-refractivity contribution in [3.63, 3.8) is 0 Å². The van der Waals surface area contributed by atoms with Gasteiger partial charge in [-0.25, -0.2) is 0 Å². The lowest BCUT2D eigenvalue weighted by molar-refractivity contribution is -0.380. The van der Waals surface area contributed by atoms with Crippen molar-refractivity contribution >= 4 is 22.3 Å². The highest BCUT2D eigenvalue weighted by molar-refractivity contribution is 7.15. The summed E-state index contributed by atoms with van der Waals surface area (Å²) in [5.41, 5.74) is 0. The van der Waals surface area contributed by atoms with Crippen LogP contribution in [0.15, 0.2) is 12.1 Å². The van der Waals surface area contributed by atoms with E-state index >= 15 is 0 Å². The van der Waals surface area contributed by atoms with Gasteiger partial charge in [0.25, 0.3) is 0 Å². The van der Waals surface area contributed by atoms with Crippen LogP contribution >= 0.6 is 11.3 Å². The van der Waals surface area contributed by atoms with E-state index in [-0.39, 0.29) is 11.0 Å². The van der Waals surface area contributed by atoms with Gasteiger partial charge in [-0.15, -0.1) is 0 Å². The van der Waals surface area contributed by atoms with E-state index in [1.54, 1.807) is 0 Å². The zero-order valence-electron chi connectivity index (χ0n) is 9.67. The van der Waals surface area contributed by atoms with Crippen LogP contribution in [0.25, 0.3) is 0 Å². The van der Waals surface area contributed by atoms with Crippen LogP contribution in [-0.4, -0.2) is 22.0 Å². The number of hydrogen-bond acceptors (Lipinski definition) is 5. The molecular weight excluding hydrogens is 256 g/mol. The number of carboxylic acid groups (broad SMARTS) is 1. The Balaban J connectivity index is 2.12. The van der Waals surface area contributed by atoms with Crippen LogP contribution in [-0.2, 0) is 4.79 Å². The van der Waals surface area contributed by atoms with Crippen molar-refractivity contribution in [1.82, 2.24) is 5.32 Å².